The SMILES string of the molecule is Cc1cc(C)cc(P(c2cc(C)cc(C)c2)c2ccccc2C2C=CC=C2[C@@H](C)P(c2cc(C)cc(C)c2)c2cc(C)cc(C)c2)c1. The fourth-order valence-electron chi connectivity index (χ4n) is 7.64. The van der Waals surface area contributed by atoms with Crippen LogP contribution in [0.2, 0.25) is 0 Å². The molecule has 1 aliphatic rings. The molecule has 1 unspecified atom stereocenters. The van der Waals surface area contributed by atoms with Crippen molar-refractivity contribution in [1.82, 2.24) is 0 Å². The molecule has 0 nitrogen and oxygen atoms in total. The quantitative estimate of drug-likeness (QED) is 0.147. The van der Waals surface area contributed by atoms with Crippen molar-refractivity contribution in [3.05, 3.63) is 171 Å². The highest BCUT2D eigenvalue weighted by Gasteiger charge is 2.32. The van der Waals surface area contributed by atoms with Crippen molar-refractivity contribution in [1.29, 1.82) is 0 Å². The zero-order valence-electron chi connectivity index (χ0n) is 29.5. The van der Waals surface area contributed by atoms with E-state index in [0.717, 1.165) is 0 Å². The zero-order chi connectivity index (χ0) is 33.4. The van der Waals surface area contributed by atoms with E-state index in [9.17, 15) is 0 Å². The van der Waals surface area contributed by atoms with E-state index in [1.807, 2.05) is 0 Å². The van der Waals surface area contributed by atoms with Crippen LogP contribution in [0.15, 0.2) is 121 Å². The largest absolute Gasteiger partial charge is 0.0729 e. The second kappa shape index (κ2) is 13.9. The molecule has 0 saturated heterocycles. The Hall–Kier alpha value is -3.56. The first-order valence-corrected chi connectivity index (χ1v) is 19.6. The van der Waals surface area contributed by atoms with Gasteiger partial charge >= 0.3 is 0 Å². The number of aryl methyl sites for hydroxylation is 8. The molecule has 6 rings (SSSR count). The molecule has 0 bridgehead atoms. The van der Waals surface area contributed by atoms with Crippen LogP contribution >= 0.6 is 15.8 Å². The zero-order valence-corrected chi connectivity index (χ0v) is 31.3. The van der Waals surface area contributed by atoms with Crippen molar-refractivity contribution in [2.24, 2.45) is 0 Å². The van der Waals surface area contributed by atoms with Crippen LogP contribution in [0.3, 0.4) is 0 Å². The first-order valence-electron chi connectivity index (χ1n) is 16.9. The summed E-state index contributed by atoms with van der Waals surface area (Å²) in [6, 6.07) is 38.0. The van der Waals surface area contributed by atoms with Gasteiger partial charge in [-0.25, -0.2) is 0 Å². The lowest BCUT2D eigenvalue weighted by atomic mass is 9.92. The van der Waals surface area contributed by atoms with Crippen LogP contribution in [-0.4, -0.2) is 5.66 Å². The van der Waals surface area contributed by atoms with Crippen LogP contribution in [0, 0.1) is 55.4 Å². The second-order valence-electron chi connectivity index (χ2n) is 13.9. The summed E-state index contributed by atoms with van der Waals surface area (Å²) in [6.45, 7) is 20.4. The van der Waals surface area contributed by atoms with E-state index in [1.165, 1.54) is 82.2 Å². The van der Waals surface area contributed by atoms with E-state index in [1.54, 1.807) is 0 Å². The third-order valence-electron chi connectivity index (χ3n) is 9.23. The lowest BCUT2D eigenvalue weighted by molar-refractivity contribution is 0.940. The molecule has 5 aromatic rings. The molecule has 0 spiro atoms. The molecule has 0 fully saturated rings. The van der Waals surface area contributed by atoms with E-state index >= 15 is 0 Å². The average molecular weight is 651 g/mol. The van der Waals surface area contributed by atoms with Crippen molar-refractivity contribution in [2.45, 2.75) is 73.9 Å². The molecule has 0 heterocycles. The third kappa shape index (κ3) is 7.31. The number of hydrogen-bond donors (Lipinski definition) is 0. The van der Waals surface area contributed by atoms with Gasteiger partial charge < -0.3 is 0 Å². The minimum Gasteiger partial charge on any atom is -0.0729 e. The van der Waals surface area contributed by atoms with Gasteiger partial charge in [0.25, 0.3) is 0 Å². The third-order valence-corrected chi connectivity index (χ3v) is 14.4. The van der Waals surface area contributed by atoms with Gasteiger partial charge in [-0.3, -0.25) is 0 Å². The molecule has 5 aromatic carbocycles. The monoisotopic (exact) mass is 650 g/mol. The highest BCUT2D eigenvalue weighted by atomic mass is 31.1. The van der Waals surface area contributed by atoms with Crippen LogP contribution in [0.25, 0.3) is 0 Å². The summed E-state index contributed by atoms with van der Waals surface area (Å²) in [4.78, 5) is 0. The van der Waals surface area contributed by atoms with Gasteiger partial charge in [0.1, 0.15) is 0 Å². The molecule has 2 atom stereocenters. The van der Waals surface area contributed by atoms with E-state index < -0.39 is 15.8 Å². The maximum Gasteiger partial charge on any atom is 0.0247 e. The molecule has 2 heteroatoms. The Balaban J connectivity index is 1.50. The predicted octanol–water partition coefficient (Wildman–Crippen LogP) is 10.0. The van der Waals surface area contributed by atoms with Crippen molar-refractivity contribution < 1.29 is 0 Å². The Morgan fingerprint density at radius 2 is 0.872 bits per heavy atom. The van der Waals surface area contributed by atoms with Gasteiger partial charge in [-0.05, 0) is 103 Å². The average Bonchev–Trinajstić information content (AvgIpc) is 3.46. The molecule has 0 amide bonds. The van der Waals surface area contributed by atoms with Crippen molar-refractivity contribution in [3.8, 4) is 0 Å². The van der Waals surface area contributed by atoms with Crippen LogP contribution in [0.4, 0.5) is 0 Å². The minimum absolute atomic E-state index is 0.241. The summed E-state index contributed by atoms with van der Waals surface area (Å²) >= 11 is 0. The molecular weight excluding hydrogens is 602 g/mol. The number of allylic oxidation sites excluding steroid dienone is 4. The van der Waals surface area contributed by atoms with Crippen LogP contribution in [0.5, 0.6) is 0 Å². The van der Waals surface area contributed by atoms with Crippen LogP contribution in [-0.2, 0) is 0 Å². The number of hydrogen-bond acceptors (Lipinski definition) is 0. The predicted molar refractivity (Wildman–Crippen MR) is 212 cm³/mol. The van der Waals surface area contributed by atoms with E-state index in [0.29, 0.717) is 5.66 Å². The van der Waals surface area contributed by atoms with Gasteiger partial charge in [-0.1, -0.05) is 172 Å². The second-order valence-corrected chi connectivity index (χ2v) is 18.6. The Morgan fingerprint density at radius 1 is 0.489 bits per heavy atom. The highest BCUT2D eigenvalue weighted by Crippen LogP contribution is 2.49. The smallest absolute Gasteiger partial charge is 0.0247 e. The summed E-state index contributed by atoms with van der Waals surface area (Å²) in [5, 5.41) is 7.28. The van der Waals surface area contributed by atoms with Gasteiger partial charge in [0.2, 0.25) is 0 Å². The molecule has 0 radical (unpaired) electrons. The van der Waals surface area contributed by atoms with Crippen LogP contribution in [0.1, 0.15) is 62.9 Å². The molecular formula is C45H48P2. The Bertz CT molecular complexity index is 1830. The van der Waals surface area contributed by atoms with E-state index in [2.05, 4.69) is 178 Å². The molecule has 0 aliphatic heterocycles. The molecule has 238 valence electrons. The highest BCUT2D eigenvalue weighted by molar-refractivity contribution is 7.80. The fourth-order valence-corrected chi connectivity index (χ4v) is 13.6. The molecule has 0 N–H and O–H groups in total. The van der Waals surface area contributed by atoms with E-state index in [4.69, 9.17) is 0 Å². The molecule has 0 saturated carbocycles. The normalized spacial score (nSPS) is 15.0. The standard InChI is InChI=1S/C45H48P2/c1-29-17-30(2)22-38(21-29)46(39-23-31(3)18-32(4)24-39)37(9)42-14-12-15-43(42)44-13-10-11-16-45(44)47(40-25-33(5)19-34(6)26-40)41-27-35(7)20-36(8)28-41/h10-28,37,43H,1-9H3/t37-,43?/m1/s1. The van der Waals surface area contributed by atoms with Gasteiger partial charge in [0.05, 0.1) is 0 Å². The first-order chi connectivity index (χ1) is 22.5. The lowest BCUT2D eigenvalue weighted by Gasteiger charge is -2.32. The minimum atomic E-state index is -0.762. The Morgan fingerprint density at radius 3 is 1.30 bits per heavy atom. The summed E-state index contributed by atoms with van der Waals surface area (Å²) in [5.74, 6) is 0.241. The summed E-state index contributed by atoms with van der Waals surface area (Å²) in [7, 11) is -1.40. The molecule has 47 heavy (non-hydrogen) atoms. The summed E-state index contributed by atoms with van der Waals surface area (Å²) in [6.07, 6.45) is 7.21. The maximum absolute atomic E-state index is 2.49. The number of rotatable bonds is 8. The Kier molecular flexibility index (Phi) is 9.85. The first kappa shape index (κ1) is 33.3. The van der Waals surface area contributed by atoms with Crippen molar-refractivity contribution in [3.63, 3.8) is 0 Å². The van der Waals surface area contributed by atoms with Crippen molar-refractivity contribution in [2.75, 3.05) is 0 Å². The van der Waals surface area contributed by atoms with Gasteiger partial charge in [0, 0.05) is 11.6 Å². The fraction of sp³-hybridized carbons (Fsp3) is 0.244. The van der Waals surface area contributed by atoms with Crippen molar-refractivity contribution >= 4 is 42.4 Å². The summed E-state index contributed by atoms with van der Waals surface area (Å²) in [5.41, 5.74) is 14.0. The van der Waals surface area contributed by atoms with Gasteiger partial charge in [-0.2, -0.15) is 0 Å². The molecule has 0 aromatic heterocycles. The lowest BCUT2D eigenvalue weighted by Crippen LogP contribution is -2.27. The van der Waals surface area contributed by atoms with Crippen LogP contribution < -0.4 is 26.5 Å². The van der Waals surface area contributed by atoms with E-state index in [-0.39, 0.29) is 5.92 Å². The topological polar surface area (TPSA) is 0 Å². The molecule has 1 aliphatic carbocycles. The van der Waals surface area contributed by atoms with Gasteiger partial charge in [0.15, 0.2) is 0 Å². The van der Waals surface area contributed by atoms with Gasteiger partial charge in [-0.15, -0.1) is 0 Å². The summed E-state index contributed by atoms with van der Waals surface area (Å²) < 4.78 is 0. The Labute approximate surface area is 286 Å². The maximum atomic E-state index is 2.49. The number of benzene rings is 5.